The van der Waals surface area contributed by atoms with Crippen molar-refractivity contribution in [1.82, 2.24) is 0 Å². The highest BCUT2D eigenvalue weighted by molar-refractivity contribution is 5.65. The zero-order chi connectivity index (χ0) is 12.0. The van der Waals surface area contributed by atoms with Gasteiger partial charge >= 0.3 is 0 Å². The molecule has 1 aliphatic rings. The molecule has 0 aliphatic carbocycles. The van der Waals surface area contributed by atoms with Crippen molar-refractivity contribution in [2.75, 3.05) is 5.73 Å². The second-order valence-corrected chi connectivity index (χ2v) is 4.19. The minimum atomic E-state index is 0.700. The number of fused-ring (bicyclic) bond motifs is 2. The van der Waals surface area contributed by atoms with Crippen LogP contribution in [-0.4, -0.2) is 0 Å². The van der Waals surface area contributed by atoms with Crippen molar-refractivity contribution in [3.8, 4) is 11.5 Å². The molecule has 0 saturated carbocycles. The molecule has 0 atom stereocenters. The topological polar surface area (TPSA) is 47.6 Å². The minimum absolute atomic E-state index is 0.700. The summed E-state index contributed by atoms with van der Waals surface area (Å²) in [6.07, 6.45) is 0. The zero-order valence-electron chi connectivity index (χ0n) is 9.53. The van der Waals surface area contributed by atoms with Gasteiger partial charge in [-0.2, -0.15) is 0 Å². The Labute approximate surface area is 98.9 Å². The molecule has 0 bridgehead atoms. The molecule has 17 heavy (non-hydrogen) atoms. The van der Waals surface area contributed by atoms with Crippen LogP contribution in [0.15, 0.2) is 35.3 Å². The Kier molecular flexibility index (Phi) is 1.95. The summed E-state index contributed by atoms with van der Waals surface area (Å²) >= 11 is 0. The number of nitrogens with zero attached hydrogens (tertiary/aromatic N) is 1. The molecular weight excluding hydrogens is 212 g/mol. The third kappa shape index (κ3) is 1.56. The van der Waals surface area contributed by atoms with Crippen LogP contribution in [-0.2, 0) is 0 Å². The largest absolute Gasteiger partial charge is 0.453 e. The first-order valence-corrected chi connectivity index (χ1v) is 5.39. The normalized spacial score (nSPS) is 12.1. The third-order valence-electron chi connectivity index (χ3n) is 2.83. The molecule has 1 heterocycles. The van der Waals surface area contributed by atoms with E-state index in [1.165, 1.54) is 0 Å². The molecule has 1 aliphatic heterocycles. The number of hydrogen-bond donors (Lipinski definition) is 1. The van der Waals surface area contributed by atoms with E-state index >= 15 is 0 Å². The van der Waals surface area contributed by atoms with Gasteiger partial charge in [0.2, 0.25) is 0 Å². The Morgan fingerprint density at radius 1 is 1.18 bits per heavy atom. The maximum absolute atomic E-state index is 5.86. The maximum atomic E-state index is 5.86. The number of hydrogen-bond acceptors (Lipinski definition) is 3. The van der Waals surface area contributed by atoms with Gasteiger partial charge in [0.05, 0.1) is 0 Å². The van der Waals surface area contributed by atoms with E-state index in [-0.39, 0.29) is 0 Å². The van der Waals surface area contributed by atoms with Crippen molar-refractivity contribution in [3.63, 3.8) is 0 Å². The van der Waals surface area contributed by atoms with Crippen LogP contribution in [0.4, 0.5) is 11.4 Å². The van der Waals surface area contributed by atoms with Gasteiger partial charge in [-0.1, -0.05) is 12.6 Å². The van der Waals surface area contributed by atoms with E-state index in [9.17, 15) is 0 Å². The SMILES string of the molecule is C=c1ccc2c(c1)Oc1cc(N)c(C)cc1N=2. The molecule has 0 fully saturated rings. The van der Waals surface area contributed by atoms with Gasteiger partial charge in [-0.15, -0.1) is 0 Å². The van der Waals surface area contributed by atoms with Crippen LogP contribution in [0.1, 0.15) is 5.56 Å². The van der Waals surface area contributed by atoms with Crippen LogP contribution in [0.5, 0.6) is 11.5 Å². The molecule has 2 N–H and O–H groups in total. The number of aryl methyl sites for hydroxylation is 1. The summed E-state index contributed by atoms with van der Waals surface area (Å²) in [6.45, 7) is 5.83. The third-order valence-corrected chi connectivity index (χ3v) is 2.83. The molecule has 2 aromatic carbocycles. The van der Waals surface area contributed by atoms with E-state index < -0.39 is 0 Å². The van der Waals surface area contributed by atoms with Gasteiger partial charge < -0.3 is 10.5 Å². The number of nitrogen functional groups attached to an aromatic ring is 1. The monoisotopic (exact) mass is 224 g/mol. The Bertz CT molecular complexity index is 720. The summed E-state index contributed by atoms with van der Waals surface area (Å²) in [7, 11) is 0. The standard InChI is InChI=1S/C14H12N2O/c1-8-3-4-11-13(5-8)17-14-7-10(15)9(2)6-12(14)16-11/h3-7H,1,15H2,2H3. The van der Waals surface area contributed by atoms with Gasteiger partial charge in [-0.25, -0.2) is 4.99 Å². The van der Waals surface area contributed by atoms with Crippen molar-refractivity contribution < 1.29 is 4.74 Å². The van der Waals surface area contributed by atoms with Gasteiger partial charge in [0.1, 0.15) is 11.0 Å². The summed E-state index contributed by atoms with van der Waals surface area (Å²) < 4.78 is 5.78. The number of rotatable bonds is 0. The van der Waals surface area contributed by atoms with Gasteiger partial charge in [-0.05, 0) is 35.9 Å². The highest BCUT2D eigenvalue weighted by atomic mass is 16.5. The number of ether oxygens (including phenoxy) is 1. The first-order chi connectivity index (χ1) is 8.13. The lowest BCUT2D eigenvalue weighted by atomic mass is 10.1. The van der Waals surface area contributed by atoms with Gasteiger partial charge in [-0.3, -0.25) is 0 Å². The van der Waals surface area contributed by atoms with E-state index in [1.54, 1.807) is 0 Å². The Balaban J connectivity index is 2.29. The van der Waals surface area contributed by atoms with E-state index in [4.69, 9.17) is 10.5 Å². The summed E-state index contributed by atoms with van der Waals surface area (Å²) in [6, 6.07) is 9.45. The highest BCUT2D eigenvalue weighted by Gasteiger charge is 2.13. The van der Waals surface area contributed by atoms with Crippen LogP contribution in [0.25, 0.3) is 6.58 Å². The fourth-order valence-corrected chi connectivity index (χ4v) is 1.84. The van der Waals surface area contributed by atoms with E-state index in [2.05, 4.69) is 11.6 Å². The maximum Gasteiger partial charge on any atom is 0.155 e. The van der Waals surface area contributed by atoms with Gasteiger partial charge in [0.25, 0.3) is 0 Å². The quantitative estimate of drug-likeness (QED) is 0.594. The first-order valence-electron chi connectivity index (χ1n) is 5.39. The smallest absolute Gasteiger partial charge is 0.155 e. The predicted molar refractivity (Wildman–Crippen MR) is 68.1 cm³/mol. The molecule has 0 saturated heterocycles. The number of anilines is 1. The van der Waals surface area contributed by atoms with Crippen molar-refractivity contribution in [2.24, 2.45) is 4.99 Å². The van der Waals surface area contributed by atoms with E-state index in [0.717, 1.165) is 27.6 Å². The lowest BCUT2D eigenvalue weighted by Crippen LogP contribution is -2.13. The Morgan fingerprint density at radius 2 is 2.00 bits per heavy atom. The molecule has 3 rings (SSSR count). The Hall–Kier alpha value is -2.29. The molecular formula is C14H12N2O. The molecule has 0 unspecified atom stereocenters. The van der Waals surface area contributed by atoms with Gasteiger partial charge in [0, 0.05) is 11.8 Å². The van der Waals surface area contributed by atoms with Crippen molar-refractivity contribution in [3.05, 3.63) is 46.5 Å². The average molecular weight is 224 g/mol. The van der Waals surface area contributed by atoms with Gasteiger partial charge in [0.15, 0.2) is 11.5 Å². The van der Waals surface area contributed by atoms with E-state index in [0.29, 0.717) is 11.4 Å². The number of benzene rings is 2. The second-order valence-electron chi connectivity index (χ2n) is 4.19. The average Bonchev–Trinajstić information content (AvgIpc) is 2.28. The fraction of sp³-hybridized carbons (Fsp3) is 0.0714. The predicted octanol–water partition coefficient (Wildman–Crippen LogP) is 2.04. The van der Waals surface area contributed by atoms with Crippen molar-refractivity contribution in [1.29, 1.82) is 0 Å². The van der Waals surface area contributed by atoms with Crippen molar-refractivity contribution >= 4 is 18.0 Å². The van der Waals surface area contributed by atoms with Crippen molar-refractivity contribution in [2.45, 2.75) is 6.92 Å². The molecule has 84 valence electrons. The zero-order valence-corrected chi connectivity index (χ0v) is 9.53. The summed E-state index contributed by atoms with van der Waals surface area (Å²) in [4.78, 5) is 4.54. The first kappa shape index (κ1) is 9.90. The van der Waals surface area contributed by atoms with Crippen LogP contribution in [0, 0.1) is 6.92 Å². The molecule has 0 aromatic heterocycles. The minimum Gasteiger partial charge on any atom is -0.453 e. The molecule has 3 nitrogen and oxygen atoms in total. The molecule has 0 spiro atoms. The molecule has 0 amide bonds. The van der Waals surface area contributed by atoms with E-state index in [1.807, 2.05) is 37.3 Å². The fourth-order valence-electron chi connectivity index (χ4n) is 1.84. The second kappa shape index (κ2) is 3.35. The number of nitrogens with two attached hydrogens (primary N) is 1. The van der Waals surface area contributed by atoms with Crippen LogP contribution in [0.2, 0.25) is 0 Å². The molecule has 0 radical (unpaired) electrons. The van der Waals surface area contributed by atoms with Crippen LogP contribution >= 0.6 is 0 Å². The lowest BCUT2D eigenvalue weighted by molar-refractivity contribution is 0.470. The molecule has 2 aromatic rings. The Morgan fingerprint density at radius 3 is 2.82 bits per heavy atom. The summed E-state index contributed by atoms with van der Waals surface area (Å²) in [5, 5.41) is 1.73. The summed E-state index contributed by atoms with van der Waals surface area (Å²) in [5.41, 5.74) is 8.40. The van der Waals surface area contributed by atoms with Crippen LogP contribution < -0.4 is 21.0 Å². The summed E-state index contributed by atoms with van der Waals surface area (Å²) in [5.74, 6) is 1.43. The highest BCUT2D eigenvalue weighted by Crippen LogP contribution is 2.36. The lowest BCUT2D eigenvalue weighted by Gasteiger charge is -2.15. The molecule has 3 heteroatoms. The van der Waals surface area contributed by atoms with Crippen LogP contribution in [0.3, 0.4) is 0 Å².